The zero-order valence-corrected chi connectivity index (χ0v) is 16.1. The molecule has 2 heterocycles. The third-order valence-corrected chi connectivity index (χ3v) is 5.51. The average molecular weight is 368 g/mol. The Morgan fingerprint density at radius 3 is 2.52 bits per heavy atom. The molecule has 4 rings (SSSR count). The van der Waals surface area contributed by atoms with Crippen LogP contribution in [0.25, 0.3) is 11.1 Å². The van der Waals surface area contributed by atoms with Crippen molar-refractivity contribution < 1.29 is 9.47 Å². The summed E-state index contributed by atoms with van der Waals surface area (Å²) in [6.45, 7) is 3.08. The van der Waals surface area contributed by atoms with Crippen molar-refractivity contribution in [1.29, 1.82) is 0 Å². The zero-order chi connectivity index (χ0) is 18.6. The van der Waals surface area contributed by atoms with Gasteiger partial charge in [0.25, 0.3) is 0 Å². The van der Waals surface area contributed by atoms with E-state index in [4.69, 9.17) is 9.47 Å². The maximum atomic E-state index is 5.70. The van der Waals surface area contributed by atoms with Crippen LogP contribution >= 0.6 is 0 Å². The molecule has 27 heavy (non-hydrogen) atoms. The summed E-state index contributed by atoms with van der Waals surface area (Å²) in [5.41, 5.74) is 1.75. The molecule has 0 atom stereocenters. The Morgan fingerprint density at radius 2 is 1.85 bits per heavy atom. The molecule has 6 heteroatoms. The second kappa shape index (κ2) is 8.11. The third kappa shape index (κ3) is 4.67. The molecule has 0 amide bonds. The van der Waals surface area contributed by atoms with E-state index in [0.717, 1.165) is 23.7 Å². The lowest BCUT2D eigenvalue weighted by molar-refractivity contribution is 0.288. The Labute approximate surface area is 160 Å². The highest BCUT2D eigenvalue weighted by Gasteiger charge is 2.22. The zero-order valence-electron chi connectivity index (χ0n) is 16.1. The molecule has 2 aromatic heterocycles. The van der Waals surface area contributed by atoms with Crippen molar-refractivity contribution in [3.05, 3.63) is 24.5 Å². The summed E-state index contributed by atoms with van der Waals surface area (Å²) in [5, 5.41) is 3.46. The van der Waals surface area contributed by atoms with E-state index in [0.29, 0.717) is 29.7 Å². The van der Waals surface area contributed by atoms with E-state index < -0.39 is 0 Å². The summed E-state index contributed by atoms with van der Waals surface area (Å²) < 4.78 is 11.2. The maximum absolute atomic E-state index is 5.70. The minimum atomic E-state index is 0.446. The fourth-order valence-electron chi connectivity index (χ4n) is 3.49. The van der Waals surface area contributed by atoms with Crippen LogP contribution in [0, 0.1) is 11.8 Å². The standard InChI is InChI=1S/C21H28N4O2/c1-14-3-8-17(9-4-14)24-21-23-12-18(20(25-21)26-2)16-7-10-19(22-11-16)27-13-15-5-6-15/h7,10-12,14-15,17H,3-6,8-9,13H2,1-2H3,(H,23,24,25). The van der Waals surface area contributed by atoms with Crippen molar-refractivity contribution in [1.82, 2.24) is 15.0 Å². The first-order valence-corrected chi connectivity index (χ1v) is 9.98. The monoisotopic (exact) mass is 368 g/mol. The van der Waals surface area contributed by atoms with E-state index in [1.165, 1.54) is 38.5 Å². The van der Waals surface area contributed by atoms with Gasteiger partial charge >= 0.3 is 0 Å². The van der Waals surface area contributed by atoms with E-state index in [2.05, 4.69) is 27.2 Å². The predicted octanol–water partition coefficient (Wildman–Crippen LogP) is 4.33. The summed E-state index contributed by atoms with van der Waals surface area (Å²) in [5.74, 6) is 3.39. The van der Waals surface area contributed by atoms with Gasteiger partial charge in [0.1, 0.15) is 0 Å². The van der Waals surface area contributed by atoms with Crippen LogP contribution in [0.15, 0.2) is 24.5 Å². The minimum Gasteiger partial charge on any atom is -0.480 e. The highest BCUT2D eigenvalue weighted by molar-refractivity contribution is 5.67. The van der Waals surface area contributed by atoms with Crippen LogP contribution in [0.4, 0.5) is 5.95 Å². The van der Waals surface area contributed by atoms with Crippen molar-refractivity contribution in [3.8, 4) is 22.9 Å². The summed E-state index contributed by atoms with van der Waals surface area (Å²) >= 11 is 0. The second-order valence-corrected chi connectivity index (χ2v) is 7.86. The first-order valence-electron chi connectivity index (χ1n) is 9.98. The van der Waals surface area contributed by atoms with Crippen molar-refractivity contribution in [2.45, 2.75) is 51.5 Å². The molecule has 0 saturated heterocycles. The first kappa shape index (κ1) is 18.0. The van der Waals surface area contributed by atoms with Gasteiger partial charge in [0, 0.05) is 30.1 Å². The number of pyridine rings is 1. The first-order chi connectivity index (χ1) is 13.2. The summed E-state index contributed by atoms with van der Waals surface area (Å²) in [6.07, 6.45) is 11.0. The third-order valence-electron chi connectivity index (χ3n) is 5.51. The molecule has 0 radical (unpaired) electrons. The summed E-state index contributed by atoms with van der Waals surface area (Å²) in [7, 11) is 1.64. The molecule has 0 aromatic carbocycles. The molecule has 2 aliphatic carbocycles. The van der Waals surface area contributed by atoms with Crippen molar-refractivity contribution in [3.63, 3.8) is 0 Å². The molecule has 2 saturated carbocycles. The molecular weight excluding hydrogens is 340 g/mol. The Bertz CT molecular complexity index is 753. The molecule has 144 valence electrons. The van der Waals surface area contributed by atoms with Crippen LogP contribution in [-0.4, -0.2) is 34.7 Å². The van der Waals surface area contributed by atoms with E-state index in [1.54, 1.807) is 19.5 Å². The topological polar surface area (TPSA) is 69.2 Å². The molecule has 1 N–H and O–H groups in total. The van der Waals surface area contributed by atoms with Gasteiger partial charge in [-0.15, -0.1) is 0 Å². The lowest BCUT2D eigenvalue weighted by Crippen LogP contribution is -2.26. The van der Waals surface area contributed by atoms with Gasteiger partial charge in [-0.25, -0.2) is 9.97 Å². The van der Waals surface area contributed by atoms with Gasteiger partial charge in [-0.05, 0) is 56.4 Å². The van der Waals surface area contributed by atoms with Gasteiger partial charge in [0.2, 0.25) is 17.7 Å². The highest BCUT2D eigenvalue weighted by atomic mass is 16.5. The highest BCUT2D eigenvalue weighted by Crippen LogP contribution is 2.31. The average Bonchev–Trinajstić information content (AvgIpc) is 3.53. The van der Waals surface area contributed by atoms with Crippen LogP contribution in [-0.2, 0) is 0 Å². The minimum absolute atomic E-state index is 0.446. The van der Waals surface area contributed by atoms with Crippen LogP contribution in [0.1, 0.15) is 45.4 Å². The second-order valence-electron chi connectivity index (χ2n) is 7.86. The van der Waals surface area contributed by atoms with Gasteiger partial charge in [-0.1, -0.05) is 6.92 Å². The number of aromatic nitrogens is 3. The predicted molar refractivity (Wildman–Crippen MR) is 105 cm³/mol. The van der Waals surface area contributed by atoms with E-state index in [9.17, 15) is 0 Å². The van der Waals surface area contributed by atoms with Gasteiger partial charge in [0.05, 0.1) is 19.3 Å². The Balaban J connectivity index is 1.44. The number of rotatable bonds is 7. The number of nitrogens with zero attached hydrogens (tertiary/aromatic N) is 3. The van der Waals surface area contributed by atoms with Crippen molar-refractivity contribution in [2.24, 2.45) is 11.8 Å². The van der Waals surface area contributed by atoms with Gasteiger partial charge in [-0.3, -0.25) is 0 Å². The molecule has 2 aliphatic rings. The van der Waals surface area contributed by atoms with Crippen LogP contribution in [0.2, 0.25) is 0 Å². The lowest BCUT2D eigenvalue weighted by Gasteiger charge is -2.27. The number of hydrogen-bond donors (Lipinski definition) is 1. The number of hydrogen-bond acceptors (Lipinski definition) is 6. The molecule has 0 spiro atoms. The summed E-state index contributed by atoms with van der Waals surface area (Å²) in [6, 6.07) is 4.32. The molecular formula is C21H28N4O2. The van der Waals surface area contributed by atoms with E-state index in [-0.39, 0.29) is 0 Å². The molecule has 0 aliphatic heterocycles. The van der Waals surface area contributed by atoms with Gasteiger partial charge in [0.15, 0.2) is 0 Å². The summed E-state index contributed by atoms with van der Waals surface area (Å²) in [4.78, 5) is 13.5. The normalized spacial score (nSPS) is 22.3. The molecule has 0 unspecified atom stereocenters. The Morgan fingerprint density at radius 1 is 1.04 bits per heavy atom. The Hall–Kier alpha value is -2.37. The van der Waals surface area contributed by atoms with E-state index >= 15 is 0 Å². The van der Waals surface area contributed by atoms with Crippen LogP contribution < -0.4 is 14.8 Å². The quantitative estimate of drug-likeness (QED) is 0.785. The fourth-order valence-corrected chi connectivity index (χ4v) is 3.49. The SMILES string of the molecule is COc1nc(NC2CCC(C)CC2)ncc1-c1ccc(OCC2CC2)nc1. The molecule has 2 aromatic rings. The van der Waals surface area contributed by atoms with Crippen molar-refractivity contribution >= 4 is 5.95 Å². The van der Waals surface area contributed by atoms with Gasteiger partial charge in [-0.2, -0.15) is 4.98 Å². The largest absolute Gasteiger partial charge is 0.480 e. The maximum Gasteiger partial charge on any atom is 0.226 e. The number of anilines is 1. The van der Waals surface area contributed by atoms with Crippen LogP contribution in [0.3, 0.4) is 0 Å². The van der Waals surface area contributed by atoms with Crippen LogP contribution in [0.5, 0.6) is 11.8 Å². The molecule has 2 fully saturated rings. The smallest absolute Gasteiger partial charge is 0.226 e. The Kier molecular flexibility index (Phi) is 5.41. The number of ether oxygens (including phenoxy) is 2. The number of methoxy groups -OCH3 is 1. The fraction of sp³-hybridized carbons (Fsp3) is 0.571. The van der Waals surface area contributed by atoms with Gasteiger partial charge < -0.3 is 14.8 Å². The lowest BCUT2D eigenvalue weighted by atomic mass is 9.87. The number of nitrogens with one attached hydrogen (secondary N) is 1. The van der Waals surface area contributed by atoms with Crippen molar-refractivity contribution in [2.75, 3.05) is 19.0 Å². The molecule has 0 bridgehead atoms. The van der Waals surface area contributed by atoms with E-state index in [1.807, 2.05) is 12.1 Å². The molecule has 6 nitrogen and oxygen atoms in total.